The zero-order valence-corrected chi connectivity index (χ0v) is 40.6. The first kappa shape index (κ1) is 44.1. The summed E-state index contributed by atoms with van der Waals surface area (Å²) in [7, 11) is 0. The predicted molar refractivity (Wildman–Crippen MR) is 309 cm³/mol. The van der Waals surface area contributed by atoms with E-state index >= 15 is 0 Å². The summed E-state index contributed by atoms with van der Waals surface area (Å²) >= 11 is 0. The van der Waals surface area contributed by atoms with Crippen molar-refractivity contribution in [2.45, 2.75) is 13.8 Å². The fraction of sp³-hybridized carbons (Fsp3) is 0.0294. The number of fused-ring (bicyclic) bond motifs is 4. The molecule has 0 aliphatic carbocycles. The van der Waals surface area contributed by atoms with Gasteiger partial charge in [0.05, 0.1) is 5.69 Å². The van der Waals surface area contributed by atoms with Gasteiger partial charge in [0.2, 0.25) is 0 Å². The molecule has 0 aromatic heterocycles. The maximum atomic E-state index is 4.23. The first-order chi connectivity index (χ1) is 35.5. The van der Waals surface area contributed by atoms with Gasteiger partial charge in [0.1, 0.15) is 0 Å². The Bertz CT molecular complexity index is 3680. The van der Waals surface area contributed by atoms with E-state index in [0.29, 0.717) is 0 Å². The molecular formula is C68H52BN3. The Kier molecular flexibility index (Phi) is 11.4. The van der Waals surface area contributed by atoms with E-state index in [0.717, 1.165) is 73.4 Å². The smallest absolute Gasteiger partial charge is 0.252 e. The molecule has 2 aliphatic rings. The molecule has 0 fully saturated rings. The topological polar surface area (TPSA) is 9.72 Å². The molecule has 3 nitrogen and oxygen atoms in total. The van der Waals surface area contributed by atoms with Gasteiger partial charge in [-0.3, -0.25) is 0 Å². The summed E-state index contributed by atoms with van der Waals surface area (Å²) in [6.07, 6.45) is 5.79. The SMILES string of the molecule is C=C/C=C(\C=C)c1cccc(N2c3cc(-c4ccccc4)ccc3B3c4ccc(-c5ccccc5)cc4N(c4cccc(-c5ccccc5)c4)c4cc(N(c5ccccc5C)c5ccccc5C)cc2c43)c1. The average Bonchev–Trinajstić information content (AvgIpc) is 3.44. The van der Waals surface area contributed by atoms with Crippen LogP contribution in [0.2, 0.25) is 0 Å². The quantitative estimate of drug-likeness (QED) is 0.0945. The molecule has 0 radical (unpaired) electrons. The molecule has 10 aromatic carbocycles. The highest BCUT2D eigenvalue weighted by molar-refractivity contribution is 7.00. The Morgan fingerprint density at radius 3 is 1.35 bits per heavy atom. The lowest BCUT2D eigenvalue weighted by molar-refractivity contribution is 1.20. The van der Waals surface area contributed by atoms with Crippen LogP contribution in [0.1, 0.15) is 16.7 Å². The van der Waals surface area contributed by atoms with Crippen molar-refractivity contribution in [3.8, 4) is 33.4 Å². The van der Waals surface area contributed by atoms with Gasteiger partial charge in [-0.2, -0.15) is 0 Å². The van der Waals surface area contributed by atoms with Crippen molar-refractivity contribution in [1.82, 2.24) is 0 Å². The van der Waals surface area contributed by atoms with Crippen LogP contribution in [0.4, 0.5) is 51.2 Å². The average molecular weight is 922 g/mol. The van der Waals surface area contributed by atoms with Crippen molar-refractivity contribution in [3.63, 3.8) is 0 Å². The molecule has 12 rings (SSSR count). The van der Waals surface area contributed by atoms with Crippen LogP contribution in [-0.4, -0.2) is 6.71 Å². The van der Waals surface area contributed by atoms with E-state index < -0.39 is 0 Å². The van der Waals surface area contributed by atoms with Gasteiger partial charge in [0.15, 0.2) is 0 Å². The fourth-order valence-electron chi connectivity index (χ4n) is 11.0. The Labute approximate surface area is 424 Å². The fourth-order valence-corrected chi connectivity index (χ4v) is 11.0. The van der Waals surface area contributed by atoms with Crippen LogP contribution in [0.3, 0.4) is 0 Å². The predicted octanol–water partition coefficient (Wildman–Crippen LogP) is 16.6. The second-order valence-electron chi connectivity index (χ2n) is 18.7. The van der Waals surface area contributed by atoms with Crippen molar-refractivity contribution in [1.29, 1.82) is 0 Å². The second kappa shape index (κ2) is 18.7. The summed E-state index contributed by atoms with van der Waals surface area (Å²) in [4.78, 5) is 7.54. The van der Waals surface area contributed by atoms with Crippen LogP contribution >= 0.6 is 0 Å². The van der Waals surface area contributed by atoms with Crippen LogP contribution in [0.5, 0.6) is 0 Å². The summed E-state index contributed by atoms with van der Waals surface area (Å²) in [5.41, 5.74) is 25.1. The molecule has 0 saturated heterocycles. The van der Waals surface area contributed by atoms with Gasteiger partial charge in [-0.05, 0) is 147 Å². The number of rotatable bonds is 11. The van der Waals surface area contributed by atoms with Crippen LogP contribution in [-0.2, 0) is 0 Å². The number of anilines is 9. The zero-order valence-electron chi connectivity index (χ0n) is 40.6. The molecule has 342 valence electrons. The van der Waals surface area contributed by atoms with Gasteiger partial charge in [-0.15, -0.1) is 0 Å². The van der Waals surface area contributed by atoms with Crippen molar-refractivity contribution in [3.05, 3.63) is 285 Å². The van der Waals surface area contributed by atoms with E-state index in [4.69, 9.17) is 0 Å². The third-order valence-electron chi connectivity index (χ3n) is 14.4. The Morgan fingerprint density at radius 1 is 0.417 bits per heavy atom. The highest BCUT2D eigenvalue weighted by Gasteiger charge is 2.44. The van der Waals surface area contributed by atoms with Crippen molar-refractivity contribution in [2.24, 2.45) is 0 Å². The standard InChI is InChI=1S/C68H52BN3/c1-5-22-49(6-2)53-31-20-33-57(41-53)70-64-43-55(51-27-12-8-13-28-51)37-39-60(64)69-61-40-38-56(52-29-14-9-15-30-52)44-65(61)71(58-34-21-32-54(42-58)50-25-10-7-11-26-50)67-46-59(45-66(70)68(67)69)72(62-35-18-16-23-47(62)3)63-36-19-17-24-48(63)4/h5-46H,1-2H2,3-4H3/b49-22+. The van der Waals surface area contributed by atoms with E-state index in [2.05, 4.69) is 278 Å². The van der Waals surface area contributed by atoms with Gasteiger partial charge in [-0.25, -0.2) is 0 Å². The molecule has 2 aliphatic heterocycles. The maximum Gasteiger partial charge on any atom is 0.252 e. The summed E-state index contributed by atoms with van der Waals surface area (Å²) in [6, 6.07) is 86.9. The van der Waals surface area contributed by atoms with Crippen molar-refractivity contribution < 1.29 is 0 Å². The molecular weight excluding hydrogens is 870 g/mol. The molecule has 0 amide bonds. The normalized spacial score (nSPS) is 12.4. The zero-order chi connectivity index (χ0) is 48.7. The number of nitrogens with zero attached hydrogens (tertiary/aromatic N) is 3. The molecule has 72 heavy (non-hydrogen) atoms. The Morgan fingerprint density at radius 2 is 0.861 bits per heavy atom. The van der Waals surface area contributed by atoms with Crippen LogP contribution < -0.4 is 31.1 Å². The molecule has 0 saturated carbocycles. The molecule has 0 unspecified atom stereocenters. The van der Waals surface area contributed by atoms with Gasteiger partial charge in [0.25, 0.3) is 6.71 Å². The second-order valence-corrected chi connectivity index (χ2v) is 18.7. The first-order valence-electron chi connectivity index (χ1n) is 24.8. The van der Waals surface area contributed by atoms with Gasteiger partial charge in [-0.1, -0.05) is 207 Å². The molecule has 2 heterocycles. The molecule has 0 spiro atoms. The van der Waals surface area contributed by atoms with E-state index in [9.17, 15) is 0 Å². The lowest BCUT2D eigenvalue weighted by Crippen LogP contribution is -2.61. The van der Waals surface area contributed by atoms with Gasteiger partial charge >= 0.3 is 0 Å². The van der Waals surface area contributed by atoms with Crippen LogP contribution in [0.15, 0.2) is 268 Å². The number of allylic oxidation sites excluding steroid dienone is 4. The lowest BCUT2D eigenvalue weighted by atomic mass is 9.33. The molecule has 10 aromatic rings. The molecule has 0 atom stereocenters. The molecule has 0 N–H and O–H groups in total. The number of aryl methyl sites for hydroxylation is 2. The minimum absolute atomic E-state index is 0.105. The first-order valence-corrected chi connectivity index (χ1v) is 24.8. The Hall–Kier alpha value is -9.12. The van der Waals surface area contributed by atoms with Crippen molar-refractivity contribution >= 4 is 79.9 Å². The Balaban J connectivity index is 1.23. The van der Waals surface area contributed by atoms with E-state index in [1.807, 2.05) is 18.2 Å². The lowest BCUT2D eigenvalue weighted by Gasteiger charge is -2.45. The van der Waals surface area contributed by atoms with Gasteiger partial charge < -0.3 is 14.7 Å². The minimum atomic E-state index is -0.105. The molecule has 0 bridgehead atoms. The number of benzene rings is 10. The third-order valence-corrected chi connectivity index (χ3v) is 14.4. The monoisotopic (exact) mass is 921 g/mol. The number of para-hydroxylation sites is 2. The maximum absolute atomic E-state index is 4.23. The van der Waals surface area contributed by atoms with Crippen LogP contribution in [0.25, 0.3) is 39.0 Å². The van der Waals surface area contributed by atoms with Crippen LogP contribution in [0, 0.1) is 13.8 Å². The molecule has 4 heteroatoms. The highest BCUT2D eigenvalue weighted by Crippen LogP contribution is 2.50. The third kappa shape index (κ3) is 7.75. The summed E-state index contributed by atoms with van der Waals surface area (Å²) in [5, 5.41) is 0. The summed E-state index contributed by atoms with van der Waals surface area (Å²) < 4.78 is 0. The number of hydrogen-bond donors (Lipinski definition) is 0. The van der Waals surface area contributed by atoms with Gasteiger partial charge in [0, 0.05) is 45.5 Å². The number of hydrogen-bond acceptors (Lipinski definition) is 3. The van der Waals surface area contributed by atoms with E-state index in [-0.39, 0.29) is 6.71 Å². The van der Waals surface area contributed by atoms with E-state index in [1.54, 1.807) is 0 Å². The minimum Gasteiger partial charge on any atom is -0.311 e. The summed E-state index contributed by atoms with van der Waals surface area (Å²) in [6.45, 7) is 12.6. The highest BCUT2D eigenvalue weighted by atomic mass is 15.2. The van der Waals surface area contributed by atoms with E-state index in [1.165, 1.54) is 49.8 Å². The largest absolute Gasteiger partial charge is 0.311 e. The summed E-state index contributed by atoms with van der Waals surface area (Å²) in [5.74, 6) is 0. The van der Waals surface area contributed by atoms with Crippen molar-refractivity contribution in [2.75, 3.05) is 14.7 Å².